The number of aromatic nitrogens is 3. The van der Waals surface area contributed by atoms with Gasteiger partial charge in [-0.3, -0.25) is 8.99 Å². The lowest BCUT2D eigenvalue weighted by molar-refractivity contribution is 0.509. The van der Waals surface area contributed by atoms with Crippen LogP contribution in [0.25, 0.3) is 10.9 Å². The van der Waals surface area contributed by atoms with Crippen molar-refractivity contribution >= 4 is 38.2 Å². The highest BCUT2D eigenvalue weighted by Gasteiger charge is 2.35. The van der Waals surface area contributed by atoms with Gasteiger partial charge in [-0.1, -0.05) is 25.4 Å². The highest BCUT2D eigenvalue weighted by molar-refractivity contribution is 7.93. The summed E-state index contributed by atoms with van der Waals surface area (Å²) < 4.78 is 30.2. The summed E-state index contributed by atoms with van der Waals surface area (Å²) in [5.74, 6) is 0.346. The van der Waals surface area contributed by atoms with E-state index in [1.165, 1.54) is 8.99 Å². The summed E-state index contributed by atoms with van der Waals surface area (Å²) in [6.45, 7) is 7.76. The molecule has 2 aromatic heterocycles. The Bertz CT molecular complexity index is 1070. The highest BCUT2D eigenvalue weighted by atomic mass is 35.5. The number of nitrogens with zero attached hydrogens (tertiary/aromatic N) is 3. The van der Waals surface area contributed by atoms with Crippen LogP contribution >= 0.6 is 11.6 Å². The van der Waals surface area contributed by atoms with Crippen LogP contribution < -0.4 is 4.31 Å². The monoisotopic (exact) mass is 408 g/mol. The van der Waals surface area contributed by atoms with Crippen molar-refractivity contribution in [3.8, 4) is 0 Å². The van der Waals surface area contributed by atoms with E-state index in [4.69, 9.17) is 11.6 Å². The minimum Gasteiger partial charge on any atom is -0.361 e. The first-order valence-corrected chi connectivity index (χ1v) is 10.8. The topological polar surface area (TPSA) is 71.0 Å². The van der Waals surface area contributed by atoms with Gasteiger partial charge in [0.1, 0.15) is 10.0 Å². The standard InChI is InChI=1S/C19H25ClN4O2S/c1-12(2)10-13(3)24(16-6-7-17-15(11-16)8-9-21-17)27(25,26)18-14(4)22-23(5)19(18)20/h6-9,11-13,21H,10H2,1-5H3. The average molecular weight is 409 g/mol. The van der Waals surface area contributed by atoms with Crippen LogP contribution in [0.4, 0.5) is 5.69 Å². The van der Waals surface area contributed by atoms with Gasteiger partial charge in [0, 0.05) is 30.2 Å². The van der Waals surface area contributed by atoms with Crippen molar-refractivity contribution in [3.63, 3.8) is 0 Å². The van der Waals surface area contributed by atoms with Gasteiger partial charge in [0.15, 0.2) is 0 Å². The molecule has 0 aliphatic carbocycles. The highest BCUT2D eigenvalue weighted by Crippen LogP contribution is 2.34. The first-order chi connectivity index (χ1) is 12.6. The SMILES string of the molecule is Cc1nn(C)c(Cl)c1S(=O)(=O)N(c1ccc2[nH]ccc2c1)C(C)CC(C)C. The summed E-state index contributed by atoms with van der Waals surface area (Å²) in [5, 5.41) is 5.27. The number of halogens is 1. The van der Waals surface area contributed by atoms with Crippen LogP contribution in [-0.4, -0.2) is 29.2 Å². The first kappa shape index (κ1) is 19.8. The quantitative estimate of drug-likeness (QED) is 0.653. The van der Waals surface area contributed by atoms with Crippen molar-refractivity contribution in [1.29, 1.82) is 0 Å². The summed E-state index contributed by atoms with van der Waals surface area (Å²) in [6, 6.07) is 7.31. The zero-order valence-electron chi connectivity index (χ0n) is 16.2. The van der Waals surface area contributed by atoms with E-state index in [9.17, 15) is 8.42 Å². The van der Waals surface area contributed by atoms with Crippen molar-refractivity contribution in [3.05, 3.63) is 41.3 Å². The maximum atomic E-state index is 13.7. The molecule has 0 bridgehead atoms. The van der Waals surface area contributed by atoms with Gasteiger partial charge < -0.3 is 4.98 Å². The second-order valence-electron chi connectivity index (χ2n) is 7.36. The number of hydrogen-bond donors (Lipinski definition) is 1. The fourth-order valence-corrected chi connectivity index (χ4v) is 5.96. The predicted molar refractivity (Wildman–Crippen MR) is 110 cm³/mol. The van der Waals surface area contributed by atoms with Crippen LogP contribution in [0.5, 0.6) is 0 Å². The summed E-state index contributed by atoms with van der Waals surface area (Å²) in [7, 11) is -2.24. The van der Waals surface area contributed by atoms with Crippen LogP contribution in [-0.2, 0) is 17.1 Å². The molecule has 0 spiro atoms. The van der Waals surface area contributed by atoms with Crippen molar-refractivity contribution in [2.45, 2.75) is 45.1 Å². The van der Waals surface area contributed by atoms with E-state index in [2.05, 4.69) is 23.9 Å². The van der Waals surface area contributed by atoms with Gasteiger partial charge in [0.2, 0.25) is 0 Å². The number of sulfonamides is 1. The third-order valence-corrected chi connectivity index (χ3v) is 7.26. The number of fused-ring (bicyclic) bond motifs is 1. The molecule has 8 heteroatoms. The number of benzene rings is 1. The Morgan fingerprint density at radius 3 is 2.56 bits per heavy atom. The second-order valence-corrected chi connectivity index (χ2v) is 9.47. The molecule has 6 nitrogen and oxygen atoms in total. The van der Waals surface area contributed by atoms with Crippen molar-refractivity contribution < 1.29 is 8.42 Å². The molecule has 2 heterocycles. The molecule has 3 rings (SSSR count). The normalized spacial score (nSPS) is 13.4. The average Bonchev–Trinajstić information content (AvgIpc) is 3.10. The van der Waals surface area contributed by atoms with E-state index in [0.29, 0.717) is 17.3 Å². The lowest BCUT2D eigenvalue weighted by Crippen LogP contribution is -2.39. The zero-order chi connectivity index (χ0) is 19.9. The van der Waals surface area contributed by atoms with E-state index >= 15 is 0 Å². The molecule has 0 saturated carbocycles. The lowest BCUT2D eigenvalue weighted by atomic mass is 10.0. The number of H-pyrrole nitrogens is 1. The Labute approximate surface area is 165 Å². The van der Waals surface area contributed by atoms with Gasteiger partial charge in [-0.25, -0.2) is 8.42 Å². The third kappa shape index (κ3) is 3.58. The molecule has 0 aliphatic heterocycles. The van der Waals surface area contributed by atoms with Crippen LogP contribution in [0.3, 0.4) is 0 Å². The Morgan fingerprint density at radius 2 is 1.96 bits per heavy atom. The molecule has 1 aromatic carbocycles. The van der Waals surface area contributed by atoms with Crippen molar-refractivity contribution in [1.82, 2.24) is 14.8 Å². The second kappa shape index (κ2) is 7.20. The predicted octanol–water partition coefficient (Wildman–Crippen LogP) is 4.49. The van der Waals surface area contributed by atoms with Crippen molar-refractivity contribution in [2.24, 2.45) is 13.0 Å². The third-order valence-electron chi connectivity index (χ3n) is 4.62. The van der Waals surface area contributed by atoms with Crippen LogP contribution in [0.1, 0.15) is 32.9 Å². The van der Waals surface area contributed by atoms with Gasteiger partial charge >= 0.3 is 0 Å². The van der Waals surface area contributed by atoms with Crippen LogP contribution in [0.2, 0.25) is 5.15 Å². The lowest BCUT2D eigenvalue weighted by Gasteiger charge is -2.31. The minimum atomic E-state index is -3.88. The molecule has 0 radical (unpaired) electrons. The fraction of sp³-hybridized carbons (Fsp3) is 0.421. The minimum absolute atomic E-state index is 0.0661. The molecule has 0 amide bonds. The number of hydrogen-bond acceptors (Lipinski definition) is 3. The molecular weight excluding hydrogens is 384 g/mol. The smallest absolute Gasteiger partial charge is 0.269 e. The molecule has 0 aliphatic rings. The van der Waals surface area contributed by atoms with E-state index < -0.39 is 10.0 Å². The molecule has 1 atom stereocenters. The number of nitrogens with one attached hydrogen (secondary N) is 1. The van der Waals surface area contributed by atoms with E-state index in [1.807, 2.05) is 37.4 Å². The molecular formula is C19H25ClN4O2S. The summed E-state index contributed by atoms with van der Waals surface area (Å²) in [6.07, 6.45) is 2.56. The molecule has 0 saturated heterocycles. The van der Waals surface area contributed by atoms with Gasteiger partial charge in [-0.15, -0.1) is 0 Å². The van der Waals surface area contributed by atoms with E-state index in [0.717, 1.165) is 17.3 Å². The Hall–Kier alpha value is -1.99. The summed E-state index contributed by atoms with van der Waals surface area (Å²) >= 11 is 6.31. The number of aryl methyl sites for hydroxylation is 2. The first-order valence-electron chi connectivity index (χ1n) is 8.93. The molecule has 3 aromatic rings. The number of rotatable bonds is 6. The van der Waals surface area contributed by atoms with Gasteiger partial charge in [0.25, 0.3) is 10.0 Å². The van der Waals surface area contributed by atoms with Gasteiger partial charge in [-0.05, 0) is 50.5 Å². The molecule has 146 valence electrons. The maximum Gasteiger partial charge on any atom is 0.269 e. The number of aromatic amines is 1. The maximum absolute atomic E-state index is 13.7. The zero-order valence-corrected chi connectivity index (χ0v) is 17.8. The molecule has 27 heavy (non-hydrogen) atoms. The fourth-order valence-electron chi connectivity index (χ4n) is 3.59. The molecule has 1 N–H and O–H groups in total. The molecule has 1 unspecified atom stereocenters. The Balaban J connectivity index is 2.19. The summed E-state index contributed by atoms with van der Waals surface area (Å²) in [4.78, 5) is 3.20. The van der Waals surface area contributed by atoms with E-state index in [-0.39, 0.29) is 16.1 Å². The number of anilines is 1. The Morgan fingerprint density at radius 1 is 1.26 bits per heavy atom. The van der Waals surface area contributed by atoms with Gasteiger partial charge in [0.05, 0.1) is 11.4 Å². The van der Waals surface area contributed by atoms with E-state index in [1.54, 1.807) is 14.0 Å². The van der Waals surface area contributed by atoms with Crippen molar-refractivity contribution in [2.75, 3.05) is 4.31 Å². The molecule has 0 fully saturated rings. The summed E-state index contributed by atoms with van der Waals surface area (Å²) in [5.41, 5.74) is 1.98. The van der Waals surface area contributed by atoms with Crippen LogP contribution in [0, 0.1) is 12.8 Å². The largest absolute Gasteiger partial charge is 0.361 e. The van der Waals surface area contributed by atoms with Crippen LogP contribution in [0.15, 0.2) is 35.4 Å². The Kier molecular flexibility index (Phi) is 5.27. The van der Waals surface area contributed by atoms with Gasteiger partial charge in [-0.2, -0.15) is 5.10 Å².